The van der Waals surface area contributed by atoms with Gasteiger partial charge < -0.3 is 5.32 Å². The molecule has 5 heteroatoms. The van der Waals surface area contributed by atoms with E-state index in [4.69, 9.17) is 9.98 Å². The fraction of sp³-hybridized carbons (Fsp3) is 0.0741. The fourth-order valence-corrected chi connectivity index (χ4v) is 8.61. The van der Waals surface area contributed by atoms with Crippen LogP contribution in [0, 0.1) is 22.7 Å². The molecule has 0 heterocycles. The molecule has 282 valence electrons. The van der Waals surface area contributed by atoms with Gasteiger partial charge in [-0.15, -0.1) is 0 Å². The number of nitrogens with zero attached hydrogens (tertiary/aromatic N) is 3. The first-order chi connectivity index (χ1) is 29.0. The van der Waals surface area contributed by atoms with Gasteiger partial charge in [-0.25, -0.2) is 9.98 Å². The van der Waals surface area contributed by atoms with Gasteiger partial charge in [-0.1, -0.05) is 171 Å². The molecule has 7 aromatic carbocycles. The Morgan fingerprint density at radius 3 is 2.03 bits per heavy atom. The minimum absolute atomic E-state index is 0.0790. The number of hydrogen-bond acceptors (Lipinski definition) is 3. The Morgan fingerprint density at radius 1 is 0.695 bits per heavy atom. The number of nitrogens with one attached hydrogen (secondary N) is 2. The third kappa shape index (κ3) is 7.14. The maximum absolute atomic E-state index is 9.77. The minimum Gasteiger partial charge on any atom is -0.355 e. The molecule has 0 fully saturated rings. The summed E-state index contributed by atoms with van der Waals surface area (Å²) in [5, 5.41) is 22.9. The average molecular weight is 760 g/mol. The molecule has 1 atom stereocenters. The first-order valence-corrected chi connectivity index (χ1v) is 19.9. The predicted molar refractivity (Wildman–Crippen MR) is 243 cm³/mol. The molecule has 0 spiro atoms. The van der Waals surface area contributed by atoms with Crippen LogP contribution in [0.25, 0.3) is 22.3 Å². The third-order valence-electron chi connectivity index (χ3n) is 11.2. The number of aliphatic imine (C=N–C) groups is 2. The van der Waals surface area contributed by atoms with E-state index < -0.39 is 5.41 Å². The number of anilines is 2. The lowest BCUT2D eigenvalue weighted by Gasteiger charge is -2.34. The van der Waals surface area contributed by atoms with E-state index in [1.165, 1.54) is 33.4 Å². The molecule has 1 unspecified atom stereocenters. The van der Waals surface area contributed by atoms with E-state index in [0.717, 1.165) is 33.6 Å². The molecule has 2 aliphatic carbocycles. The second-order valence-corrected chi connectivity index (χ2v) is 15.1. The first-order valence-electron chi connectivity index (χ1n) is 19.9. The first kappa shape index (κ1) is 36.9. The molecule has 9 rings (SSSR count). The summed E-state index contributed by atoms with van der Waals surface area (Å²) < 4.78 is 0. The number of allylic oxidation sites excluding steroid dienone is 3. The molecule has 59 heavy (non-hydrogen) atoms. The van der Waals surface area contributed by atoms with Gasteiger partial charge in [0.05, 0.1) is 11.5 Å². The average Bonchev–Trinajstić information content (AvgIpc) is 3.58. The lowest BCUT2D eigenvalue weighted by molar-refractivity contribution is 0.718. The normalized spacial score (nSPS) is 15.4. The third-order valence-corrected chi connectivity index (χ3v) is 11.2. The topological polar surface area (TPSA) is 84.4 Å². The van der Waals surface area contributed by atoms with Crippen LogP contribution in [0.5, 0.6) is 0 Å². The van der Waals surface area contributed by atoms with Gasteiger partial charge in [0.1, 0.15) is 0 Å². The van der Waals surface area contributed by atoms with Gasteiger partial charge in [-0.2, -0.15) is 5.26 Å². The van der Waals surface area contributed by atoms with E-state index in [2.05, 4.69) is 140 Å². The Hall–Kier alpha value is -7.68. The van der Waals surface area contributed by atoms with Gasteiger partial charge in [-0.05, 0) is 92.8 Å². The molecule has 2 aliphatic rings. The highest BCUT2D eigenvalue weighted by Crippen LogP contribution is 2.57. The maximum Gasteiger partial charge on any atom is 0.157 e. The van der Waals surface area contributed by atoms with Gasteiger partial charge in [0, 0.05) is 34.3 Å². The Labute approximate surface area is 345 Å². The van der Waals surface area contributed by atoms with Gasteiger partial charge in [-0.3, -0.25) is 5.41 Å². The van der Waals surface area contributed by atoms with Crippen LogP contribution >= 0.6 is 0 Å². The molecular formula is C54H41N5. The van der Waals surface area contributed by atoms with Crippen molar-refractivity contribution in [2.45, 2.75) is 18.8 Å². The summed E-state index contributed by atoms with van der Waals surface area (Å²) in [5.41, 5.74) is 13.7. The number of fused-ring (bicyclic) bond motifs is 3. The molecule has 0 saturated heterocycles. The van der Waals surface area contributed by atoms with Crippen LogP contribution < -0.4 is 5.32 Å². The van der Waals surface area contributed by atoms with Crippen molar-refractivity contribution >= 4 is 29.3 Å². The molecule has 0 aliphatic heterocycles. The second kappa shape index (κ2) is 16.1. The summed E-state index contributed by atoms with van der Waals surface area (Å²) in [6.07, 6.45) is 6.24. The second-order valence-electron chi connectivity index (χ2n) is 15.1. The number of nitriles is 1. The monoisotopic (exact) mass is 759 g/mol. The molecule has 0 aromatic heterocycles. The lowest BCUT2D eigenvalue weighted by Crippen LogP contribution is -2.28. The number of amidine groups is 2. The Kier molecular flexibility index (Phi) is 10.0. The summed E-state index contributed by atoms with van der Waals surface area (Å²) in [6.45, 7) is 2.08. The van der Waals surface area contributed by atoms with Crippen LogP contribution in [-0.2, 0) is 5.41 Å². The van der Waals surface area contributed by atoms with Crippen molar-refractivity contribution in [1.82, 2.24) is 0 Å². The van der Waals surface area contributed by atoms with Crippen molar-refractivity contribution in [1.29, 1.82) is 10.7 Å². The molecule has 0 saturated carbocycles. The SMILES string of the molecule is CC1C=C(C#N)C=C(C(N=Cc2ccccc2)=NC(=N)c2cccc(Nc3cc4c(cc3-c3ccccc3)-c3ccccc3C4(c3ccccc3)c3ccccc3)c2)C1. The minimum atomic E-state index is -0.554. The van der Waals surface area contributed by atoms with Crippen molar-refractivity contribution in [2.75, 3.05) is 5.32 Å². The summed E-state index contributed by atoms with van der Waals surface area (Å²) in [6, 6.07) is 65.6. The summed E-state index contributed by atoms with van der Waals surface area (Å²) in [7, 11) is 0. The fourth-order valence-electron chi connectivity index (χ4n) is 8.61. The molecular weight excluding hydrogens is 719 g/mol. The molecule has 0 bridgehead atoms. The number of rotatable bonds is 8. The van der Waals surface area contributed by atoms with Crippen LogP contribution in [0.4, 0.5) is 11.4 Å². The summed E-state index contributed by atoms with van der Waals surface area (Å²) in [5.74, 6) is 0.646. The maximum atomic E-state index is 9.77. The predicted octanol–water partition coefficient (Wildman–Crippen LogP) is 12.7. The van der Waals surface area contributed by atoms with Crippen LogP contribution in [0.1, 0.15) is 46.7 Å². The number of benzene rings is 7. The Balaban J connectivity index is 1.16. The quantitative estimate of drug-likeness (QED) is 0.119. The van der Waals surface area contributed by atoms with Crippen molar-refractivity contribution < 1.29 is 0 Å². The summed E-state index contributed by atoms with van der Waals surface area (Å²) >= 11 is 0. The van der Waals surface area contributed by atoms with Crippen molar-refractivity contribution in [2.24, 2.45) is 15.9 Å². The van der Waals surface area contributed by atoms with Crippen molar-refractivity contribution in [3.63, 3.8) is 0 Å². The molecule has 2 N–H and O–H groups in total. The van der Waals surface area contributed by atoms with Gasteiger partial charge >= 0.3 is 0 Å². The van der Waals surface area contributed by atoms with E-state index in [1.807, 2.05) is 72.8 Å². The molecule has 0 radical (unpaired) electrons. The zero-order valence-corrected chi connectivity index (χ0v) is 32.7. The lowest BCUT2D eigenvalue weighted by atomic mass is 9.67. The highest BCUT2D eigenvalue weighted by Gasteiger charge is 2.46. The molecule has 0 amide bonds. The molecule has 5 nitrogen and oxygen atoms in total. The van der Waals surface area contributed by atoms with E-state index in [0.29, 0.717) is 23.4 Å². The van der Waals surface area contributed by atoms with Crippen molar-refractivity contribution in [3.05, 3.63) is 239 Å². The highest BCUT2D eigenvalue weighted by molar-refractivity contribution is 6.13. The van der Waals surface area contributed by atoms with Crippen LogP contribution in [0.2, 0.25) is 0 Å². The largest absolute Gasteiger partial charge is 0.355 e. The van der Waals surface area contributed by atoms with Crippen molar-refractivity contribution in [3.8, 4) is 28.3 Å². The van der Waals surface area contributed by atoms with Gasteiger partial charge in [0.2, 0.25) is 0 Å². The molecule has 7 aromatic rings. The van der Waals surface area contributed by atoms with E-state index in [9.17, 15) is 10.7 Å². The zero-order valence-electron chi connectivity index (χ0n) is 32.7. The standard InChI is InChI=1S/C54H41N5/c1-37-29-39(35-55)31-42(30-37)53(57-36-38-17-6-2-7-18-38)59-52(56)41-21-16-26-45(32-41)58-51-34-50-48(33-47(51)40-19-8-3-9-20-40)46-27-14-15-28-49(46)54(50,43-22-10-4-11-23-43)44-24-12-5-13-25-44/h2-29,31-34,36-37,56,58H,30H2,1H3. The summed E-state index contributed by atoms with van der Waals surface area (Å²) in [4.78, 5) is 9.63. The highest BCUT2D eigenvalue weighted by atomic mass is 15.0. The van der Waals surface area contributed by atoms with Crippen LogP contribution in [0.15, 0.2) is 215 Å². The van der Waals surface area contributed by atoms with Gasteiger partial charge in [0.15, 0.2) is 11.7 Å². The van der Waals surface area contributed by atoms with E-state index >= 15 is 0 Å². The van der Waals surface area contributed by atoms with Gasteiger partial charge in [0.25, 0.3) is 0 Å². The van der Waals surface area contributed by atoms with E-state index in [-0.39, 0.29) is 11.8 Å². The smallest absolute Gasteiger partial charge is 0.157 e. The van der Waals surface area contributed by atoms with Crippen LogP contribution in [0.3, 0.4) is 0 Å². The van der Waals surface area contributed by atoms with Crippen LogP contribution in [-0.4, -0.2) is 17.9 Å². The van der Waals surface area contributed by atoms with E-state index in [1.54, 1.807) is 6.21 Å². The number of hydrogen-bond donors (Lipinski definition) is 2. The zero-order chi connectivity index (χ0) is 40.2. The Morgan fingerprint density at radius 2 is 1.34 bits per heavy atom. The Bertz CT molecular complexity index is 2810.